The van der Waals surface area contributed by atoms with E-state index in [0.29, 0.717) is 29.1 Å². The summed E-state index contributed by atoms with van der Waals surface area (Å²) >= 11 is 0. The SMILES string of the molecule is Cc1cc(C)c(C)c(-c2c3ccc(CC(C)(C)C)cc3c(C)c[n+]2C)c1.Cc1ccc2c(c1C)-c1c3c(cc(C(C)C)cc3cc[n+]1C)C2(C)C.Cc1ccc2c(c1C)-c1c3c(cc(CC(C)C)cc3cc[n+]1C)C2(C)C.Cc1cccc2c1-c1c3c(cc(C(C)C)cc3cc[n+]1C)C2(C)C.Cc1cccc2c1-c1c3c(cc(CC(C)C)cc3cc[n+]1C)C2(C)C. The van der Waals surface area contributed by atoms with E-state index in [1.807, 2.05) is 0 Å². The summed E-state index contributed by atoms with van der Waals surface area (Å²) in [7, 11) is 10.9. The third-order valence-corrected chi connectivity index (χ3v) is 29.4. The first kappa shape index (κ1) is 90.1. The second-order valence-electron chi connectivity index (χ2n) is 43.4. The Morgan fingerprint density at radius 1 is 0.294 bits per heavy atom. The van der Waals surface area contributed by atoms with Crippen LogP contribution < -0.4 is 22.8 Å². The van der Waals surface area contributed by atoms with E-state index in [4.69, 9.17) is 0 Å². The zero-order valence-corrected chi connectivity index (χ0v) is 83.1. The predicted octanol–water partition coefficient (Wildman–Crippen LogP) is 28.5. The van der Waals surface area contributed by atoms with Crippen molar-refractivity contribution in [1.29, 1.82) is 0 Å². The van der Waals surface area contributed by atoms with E-state index in [2.05, 4.69) is 454 Å². The number of aryl methyl sites for hydroxylation is 12. The molecule has 19 rings (SSSR count). The van der Waals surface area contributed by atoms with Gasteiger partial charge in [-0.2, -0.15) is 0 Å². The van der Waals surface area contributed by atoms with Crippen molar-refractivity contribution in [3.05, 3.63) is 323 Å². The van der Waals surface area contributed by atoms with Crippen LogP contribution in [0.3, 0.4) is 0 Å². The molecule has 5 heteroatoms. The predicted molar refractivity (Wildman–Crippen MR) is 537 cm³/mol. The summed E-state index contributed by atoms with van der Waals surface area (Å²) < 4.78 is 11.5. The highest BCUT2D eigenvalue weighted by Gasteiger charge is 2.44. The minimum absolute atomic E-state index is 0.0122. The van der Waals surface area contributed by atoms with Crippen LogP contribution in [0.1, 0.15) is 271 Å². The summed E-state index contributed by atoms with van der Waals surface area (Å²) in [6.07, 6.45) is 14.5. The lowest BCUT2D eigenvalue weighted by molar-refractivity contribution is -0.659. The summed E-state index contributed by atoms with van der Waals surface area (Å²) in [5, 5.41) is 13.9. The van der Waals surface area contributed by atoms with Gasteiger partial charge in [0.2, 0.25) is 28.5 Å². The number of rotatable bonds is 8. The summed E-state index contributed by atoms with van der Waals surface area (Å²) in [6.45, 7) is 66.7. The van der Waals surface area contributed by atoms with Crippen molar-refractivity contribution >= 4 is 53.9 Å². The molecule has 0 spiro atoms. The summed E-state index contributed by atoms with van der Waals surface area (Å²) in [5.41, 5.74) is 46.8. The minimum atomic E-state index is 0.0122. The monoisotopic (exact) mass is 1670 g/mol. The van der Waals surface area contributed by atoms with Crippen molar-refractivity contribution in [3.63, 3.8) is 0 Å². The second-order valence-corrected chi connectivity index (χ2v) is 43.4. The maximum Gasteiger partial charge on any atom is 0.221 e. The van der Waals surface area contributed by atoms with E-state index in [9.17, 15) is 0 Å². The molecule has 648 valence electrons. The van der Waals surface area contributed by atoms with Gasteiger partial charge < -0.3 is 0 Å². The average molecular weight is 1670 g/mol. The van der Waals surface area contributed by atoms with Crippen molar-refractivity contribution in [1.82, 2.24) is 0 Å². The molecule has 0 saturated carbocycles. The van der Waals surface area contributed by atoms with Crippen LogP contribution in [-0.2, 0) is 76.2 Å². The Morgan fingerprint density at radius 3 is 1.03 bits per heavy atom. The first-order valence-electron chi connectivity index (χ1n) is 46.9. The van der Waals surface area contributed by atoms with E-state index < -0.39 is 0 Å². The molecule has 126 heavy (non-hydrogen) atoms. The van der Waals surface area contributed by atoms with Crippen molar-refractivity contribution < 1.29 is 22.8 Å². The molecular weight excluding hydrogens is 1520 g/mol. The molecule has 0 aliphatic heterocycles. The molecule has 0 N–H and O–H groups in total. The lowest BCUT2D eigenvalue weighted by Gasteiger charge is -2.35. The minimum Gasteiger partial charge on any atom is -0.200 e. The van der Waals surface area contributed by atoms with Crippen LogP contribution in [-0.4, -0.2) is 0 Å². The molecular formula is C121H144N5+5. The van der Waals surface area contributed by atoms with Gasteiger partial charge in [0.25, 0.3) is 0 Å². The maximum absolute atomic E-state index is 2.48. The second kappa shape index (κ2) is 33.1. The van der Waals surface area contributed by atoms with Gasteiger partial charge in [-0.05, 0) is 273 Å². The van der Waals surface area contributed by atoms with Gasteiger partial charge in [0.05, 0.1) is 54.7 Å². The molecule has 0 radical (unpaired) electrons. The van der Waals surface area contributed by atoms with E-state index in [1.165, 1.54) is 238 Å². The van der Waals surface area contributed by atoms with Crippen molar-refractivity contribution in [2.75, 3.05) is 0 Å². The third-order valence-electron chi connectivity index (χ3n) is 29.4. The van der Waals surface area contributed by atoms with E-state index >= 15 is 0 Å². The van der Waals surface area contributed by atoms with Crippen LogP contribution in [0.4, 0.5) is 0 Å². The number of aromatic nitrogens is 5. The fraction of sp³-hybridized carbons (Fsp3) is 0.380. The summed E-state index contributed by atoms with van der Waals surface area (Å²) in [6, 6.07) is 63.0. The van der Waals surface area contributed by atoms with E-state index in [0.717, 1.165) is 19.3 Å². The fourth-order valence-electron chi connectivity index (χ4n) is 22.2. The molecule has 5 heterocycles. The molecule has 5 aromatic heterocycles. The van der Waals surface area contributed by atoms with Crippen LogP contribution in [0.2, 0.25) is 0 Å². The van der Waals surface area contributed by atoms with Crippen LogP contribution in [0, 0.1) is 86.5 Å². The van der Waals surface area contributed by atoms with Gasteiger partial charge in [0.15, 0.2) is 31.0 Å². The molecule has 5 nitrogen and oxygen atoms in total. The van der Waals surface area contributed by atoms with Crippen molar-refractivity contribution in [3.8, 4) is 56.3 Å². The Labute approximate surface area is 756 Å². The Hall–Kier alpha value is -10.8. The Balaban J connectivity index is 0.000000122. The molecule has 0 atom stereocenters. The van der Waals surface area contributed by atoms with Gasteiger partial charge >= 0.3 is 0 Å². The fourth-order valence-corrected chi connectivity index (χ4v) is 22.2. The largest absolute Gasteiger partial charge is 0.221 e. The highest BCUT2D eigenvalue weighted by atomic mass is 14.9. The first-order chi connectivity index (χ1) is 59.1. The molecule has 0 amide bonds. The number of fused-ring (bicyclic) bond motifs is 9. The zero-order valence-electron chi connectivity index (χ0n) is 83.1. The molecule has 10 aromatic carbocycles. The topological polar surface area (TPSA) is 19.4 Å². The number of nitrogens with zero attached hydrogens (tertiary/aromatic N) is 5. The van der Waals surface area contributed by atoms with Gasteiger partial charge in [0, 0.05) is 51.5 Å². The van der Waals surface area contributed by atoms with Crippen LogP contribution in [0.15, 0.2) is 195 Å². The van der Waals surface area contributed by atoms with Crippen LogP contribution >= 0.6 is 0 Å². The Morgan fingerprint density at radius 2 is 0.659 bits per heavy atom. The third kappa shape index (κ3) is 15.7. The van der Waals surface area contributed by atoms with Gasteiger partial charge in [0.1, 0.15) is 35.2 Å². The van der Waals surface area contributed by atoms with Crippen LogP contribution in [0.5, 0.6) is 0 Å². The van der Waals surface area contributed by atoms with E-state index in [-0.39, 0.29) is 21.7 Å². The Kier molecular flexibility index (Phi) is 23.7. The number of pyridine rings is 5. The lowest BCUT2D eigenvalue weighted by atomic mass is 9.67. The van der Waals surface area contributed by atoms with E-state index in [1.54, 1.807) is 0 Å². The molecule has 4 aliphatic carbocycles. The molecule has 0 bridgehead atoms. The summed E-state index contributed by atoms with van der Waals surface area (Å²) in [5.74, 6) is 2.42. The number of benzene rings is 10. The first-order valence-corrected chi connectivity index (χ1v) is 46.9. The summed E-state index contributed by atoms with van der Waals surface area (Å²) in [4.78, 5) is 0. The van der Waals surface area contributed by atoms with Gasteiger partial charge in [-0.25, -0.2) is 22.8 Å². The maximum atomic E-state index is 2.48. The molecule has 15 aromatic rings. The van der Waals surface area contributed by atoms with Gasteiger partial charge in [-0.3, -0.25) is 0 Å². The molecule has 4 aliphatic rings. The van der Waals surface area contributed by atoms with Gasteiger partial charge in [-0.15, -0.1) is 0 Å². The van der Waals surface area contributed by atoms with Crippen LogP contribution in [0.25, 0.3) is 110 Å². The Bertz CT molecular complexity index is 6950. The van der Waals surface area contributed by atoms with Crippen molar-refractivity contribution in [2.45, 2.75) is 254 Å². The normalized spacial score (nSPS) is 14.3. The zero-order chi connectivity index (χ0) is 91.3. The smallest absolute Gasteiger partial charge is 0.200 e. The molecule has 0 unspecified atom stereocenters. The van der Waals surface area contributed by atoms with Crippen molar-refractivity contribution in [2.24, 2.45) is 52.5 Å². The number of hydrogen-bond acceptors (Lipinski definition) is 0. The number of hydrogen-bond donors (Lipinski definition) is 0. The highest BCUT2D eigenvalue weighted by Crippen LogP contribution is 2.55. The molecule has 0 fully saturated rings. The average Bonchev–Trinajstić information content (AvgIpc) is 0.728. The lowest BCUT2D eigenvalue weighted by Crippen LogP contribution is -2.36. The van der Waals surface area contributed by atoms with Gasteiger partial charge in [-0.1, -0.05) is 265 Å². The molecule has 0 saturated heterocycles. The quantitative estimate of drug-likeness (QED) is 0.135. The standard InChI is InChI=1S/C25H30N.C25H32N.2C24H28N.C23H26N/c1-15(2)12-18-13-19-10-11-26(7)24-22-17(4)16(3)8-9-20(22)25(5,6)21(14-18)23(19)24;1-16-11-17(2)19(4)23(12-16)24-21-10-9-20(14-25(5,6)7)13-22(21)18(3)15-26(24)8;1-14(2)18-12-17-10-11-25(7)23-21-16(4)15(3)8-9-19(21)24(5,6)20(13-18)22(17)23;1-15(2)12-17-13-18-10-11-25(6)23-21-16(3)8-7-9-19(21)24(4,5)20(14-17)22(18)23;1-14(2)17-12-16-10-11-24(6)22-20-15(3)8-7-9-18(20)23(4,5)19(13-17)21(16)22/h8-11,13-15H,12H2,1-7H3;9-13,15H,14H2,1-8H3;8-14H,1-7H3;7-11,13-15H,12H2,1-6H3;7-14H,1-6H3/q5*+1. The highest BCUT2D eigenvalue weighted by molar-refractivity contribution is 6.05.